The summed E-state index contributed by atoms with van der Waals surface area (Å²) in [6.45, 7) is 4.14. The number of ether oxygens (including phenoxy) is 1. The molecule has 38 heavy (non-hydrogen) atoms. The van der Waals surface area contributed by atoms with Crippen LogP contribution >= 0.6 is 11.6 Å². The van der Waals surface area contributed by atoms with Crippen molar-refractivity contribution in [3.05, 3.63) is 64.7 Å². The zero-order valence-corrected chi connectivity index (χ0v) is 22.6. The monoisotopic (exact) mass is 544 g/mol. The molecule has 0 saturated heterocycles. The van der Waals surface area contributed by atoms with Crippen molar-refractivity contribution in [3.8, 4) is 5.75 Å². The van der Waals surface area contributed by atoms with E-state index in [4.69, 9.17) is 16.3 Å². The molecule has 9 nitrogen and oxygen atoms in total. The fourth-order valence-electron chi connectivity index (χ4n) is 4.26. The first-order valence-electron chi connectivity index (χ1n) is 13.0. The molecule has 0 aromatic heterocycles. The van der Waals surface area contributed by atoms with E-state index in [1.807, 2.05) is 36.4 Å². The van der Waals surface area contributed by atoms with Crippen LogP contribution in [0.4, 0.5) is 0 Å². The molecule has 1 aliphatic rings. The normalized spacial score (nSPS) is 22.2. The number of hydrogen-bond acceptors (Lipinski definition) is 6. The van der Waals surface area contributed by atoms with Crippen LogP contribution in [0.2, 0.25) is 5.02 Å². The predicted octanol–water partition coefficient (Wildman–Crippen LogP) is 1.60. The summed E-state index contributed by atoms with van der Waals surface area (Å²) in [6, 6.07) is 12.3. The molecular weight excluding hydrogens is 508 g/mol. The molecule has 0 radical (unpaired) electrons. The molecule has 5 N–H and O–H groups in total. The Labute approximate surface area is 228 Å². The van der Waals surface area contributed by atoms with Gasteiger partial charge in [-0.05, 0) is 54.5 Å². The molecule has 0 aliphatic carbocycles. The lowest BCUT2D eigenvalue weighted by Crippen LogP contribution is -2.59. The number of fused-ring (bicyclic) bond motifs is 1. The summed E-state index contributed by atoms with van der Waals surface area (Å²) in [4.78, 5) is 39.1. The minimum atomic E-state index is -1.13. The highest BCUT2D eigenvalue weighted by Gasteiger charge is 2.30. The average Bonchev–Trinajstić information content (AvgIpc) is 2.89. The molecule has 0 bridgehead atoms. The van der Waals surface area contributed by atoms with Crippen LogP contribution in [0, 0.1) is 5.92 Å². The maximum absolute atomic E-state index is 13.4. The first kappa shape index (κ1) is 29.4. The predicted molar refractivity (Wildman–Crippen MR) is 146 cm³/mol. The van der Waals surface area contributed by atoms with Crippen molar-refractivity contribution in [2.45, 2.75) is 51.2 Å². The van der Waals surface area contributed by atoms with Crippen molar-refractivity contribution < 1.29 is 24.2 Å². The number of benzene rings is 2. The number of rotatable bonds is 4. The summed E-state index contributed by atoms with van der Waals surface area (Å²) in [7, 11) is 0. The summed E-state index contributed by atoms with van der Waals surface area (Å²) in [5, 5.41) is 21.8. The van der Waals surface area contributed by atoms with E-state index in [1.54, 1.807) is 26.0 Å². The molecule has 0 spiro atoms. The third kappa shape index (κ3) is 8.72. The molecule has 2 aromatic rings. The van der Waals surface area contributed by atoms with E-state index in [1.165, 1.54) is 0 Å². The van der Waals surface area contributed by atoms with Crippen LogP contribution < -0.4 is 26.0 Å². The molecular formula is C28H37ClN4O5. The number of hydrogen-bond donors (Lipinski definition) is 5. The molecule has 10 heteroatoms. The van der Waals surface area contributed by atoms with Gasteiger partial charge in [0.2, 0.25) is 17.7 Å². The number of nitrogens with one attached hydrogen (secondary N) is 4. The van der Waals surface area contributed by atoms with E-state index < -0.39 is 36.5 Å². The van der Waals surface area contributed by atoms with Gasteiger partial charge in [-0.2, -0.15) is 0 Å². The maximum Gasteiger partial charge on any atom is 0.244 e. The van der Waals surface area contributed by atoms with E-state index in [-0.39, 0.29) is 11.8 Å². The number of aliphatic hydroxyl groups excluding tert-OH is 1. The van der Waals surface area contributed by atoms with Gasteiger partial charge in [0.15, 0.2) is 0 Å². The molecule has 3 atom stereocenters. The minimum absolute atomic E-state index is 0.265. The van der Waals surface area contributed by atoms with Crippen molar-refractivity contribution in [2.24, 2.45) is 5.92 Å². The van der Waals surface area contributed by atoms with Gasteiger partial charge in [-0.25, -0.2) is 0 Å². The molecule has 1 heterocycles. The van der Waals surface area contributed by atoms with Gasteiger partial charge in [-0.15, -0.1) is 0 Å². The standard InChI is InChI=1S/C28H37ClN4O5/c1-18(2)25-28(37)32-23(17-34)26(35)31-12-6-9-20-8-3-4-11-24(20)38-14-13-30-22(27(36)33-25)16-19-7-5-10-21(29)15-19/h3-5,7-8,10-11,15,18,22-23,25,30,34H,6,9,12-14,16-17H2,1-2H3,(H,31,35)(H,32,37)(H,33,36)/t22-,23+,25-/m1/s1. The number of carbonyl (C=O) groups excluding carboxylic acids is 3. The van der Waals surface area contributed by atoms with Crippen molar-refractivity contribution in [1.82, 2.24) is 21.3 Å². The van der Waals surface area contributed by atoms with Crippen LogP contribution in [0.3, 0.4) is 0 Å². The Morgan fingerprint density at radius 2 is 1.76 bits per heavy atom. The average molecular weight is 545 g/mol. The number of halogens is 1. The Hall–Kier alpha value is -3.14. The SMILES string of the molecule is CC(C)[C@H]1NC(=O)[C@@H](Cc2cccc(Cl)c2)NCCOc2ccccc2CCCNC(=O)[C@H](CO)NC1=O. The largest absolute Gasteiger partial charge is 0.492 e. The zero-order chi connectivity index (χ0) is 27.5. The highest BCUT2D eigenvalue weighted by atomic mass is 35.5. The van der Waals surface area contributed by atoms with Crippen LogP contribution in [0.5, 0.6) is 5.75 Å². The van der Waals surface area contributed by atoms with Crippen LogP contribution in [0.1, 0.15) is 31.4 Å². The lowest BCUT2D eigenvalue weighted by molar-refractivity contribution is -0.134. The number of amides is 3. The maximum atomic E-state index is 13.4. The van der Waals surface area contributed by atoms with Crippen molar-refractivity contribution >= 4 is 29.3 Å². The summed E-state index contributed by atoms with van der Waals surface area (Å²) in [5.74, 6) is -0.912. The lowest BCUT2D eigenvalue weighted by atomic mass is 10.0. The summed E-state index contributed by atoms with van der Waals surface area (Å²) in [5.41, 5.74) is 1.86. The smallest absolute Gasteiger partial charge is 0.244 e. The highest BCUT2D eigenvalue weighted by Crippen LogP contribution is 2.19. The van der Waals surface area contributed by atoms with E-state index >= 15 is 0 Å². The lowest BCUT2D eigenvalue weighted by Gasteiger charge is -2.27. The molecule has 0 fully saturated rings. The molecule has 3 amide bonds. The first-order valence-corrected chi connectivity index (χ1v) is 13.3. The second kappa shape index (κ2) is 14.7. The Balaban J connectivity index is 1.84. The van der Waals surface area contributed by atoms with Crippen LogP contribution in [0.25, 0.3) is 0 Å². The Morgan fingerprint density at radius 3 is 2.50 bits per heavy atom. The van der Waals surface area contributed by atoms with Crippen molar-refractivity contribution in [3.63, 3.8) is 0 Å². The molecule has 0 saturated carbocycles. The molecule has 2 aromatic carbocycles. The minimum Gasteiger partial charge on any atom is -0.492 e. The van der Waals surface area contributed by atoms with E-state index in [9.17, 15) is 19.5 Å². The zero-order valence-electron chi connectivity index (χ0n) is 21.8. The van der Waals surface area contributed by atoms with Crippen molar-refractivity contribution in [2.75, 3.05) is 26.3 Å². The van der Waals surface area contributed by atoms with Gasteiger partial charge in [-0.3, -0.25) is 14.4 Å². The number of aliphatic hydroxyl groups is 1. The summed E-state index contributed by atoms with van der Waals surface area (Å²) >= 11 is 6.16. The van der Waals surface area contributed by atoms with Gasteiger partial charge >= 0.3 is 0 Å². The van der Waals surface area contributed by atoms with Crippen LogP contribution in [-0.2, 0) is 27.2 Å². The molecule has 1 aliphatic heterocycles. The number of para-hydroxylation sites is 1. The third-order valence-electron chi connectivity index (χ3n) is 6.35. The van der Waals surface area contributed by atoms with Gasteiger partial charge in [0.05, 0.1) is 12.6 Å². The van der Waals surface area contributed by atoms with Gasteiger partial charge in [-0.1, -0.05) is 55.8 Å². The Bertz CT molecular complexity index is 1100. The summed E-state index contributed by atoms with van der Waals surface area (Å²) in [6.07, 6.45) is 1.68. The van der Waals surface area contributed by atoms with Crippen molar-refractivity contribution in [1.29, 1.82) is 0 Å². The highest BCUT2D eigenvalue weighted by molar-refractivity contribution is 6.30. The van der Waals surface area contributed by atoms with E-state index in [0.29, 0.717) is 44.0 Å². The number of carbonyl (C=O) groups is 3. The van der Waals surface area contributed by atoms with Crippen LogP contribution in [0.15, 0.2) is 48.5 Å². The molecule has 206 valence electrons. The van der Waals surface area contributed by atoms with Crippen LogP contribution in [-0.4, -0.2) is 67.3 Å². The Morgan fingerprint density at radius 1 is 0.974 bits per heavy atom. The Kier molecular flexibility index (Phi) is 11.4. The quantitative estimate of drug-likeness (QED) is 0.398. The molecule has 3 rings (SSSR count). The fraction of sp³-hybridized carbons (Fsp3) is 0.464. The van der Waals surface area contributed by atoms with Gasteiger partial charge in [0.1, 0.15) is 24.4 Å². The number of aryl methyl sites for hydroxylation is 1. The molecule has 0 unspecified atom stereocenters. The second-order valence-electron chi connectivity index (χ2n) is 9.67. The van der Waals surface area contributed by atoms with Gasteiger partial charge < -0.3 is 31.1 Å². The first-order chi connectivity index (χ1) is 18.3. The fourth-order valence-corrected chi connectivity index (χ4v) is 4.47. The second-order valence-corrected chi connectivity index (χ2v) is 10.1. The van der Waals surface area contributed by atoms with E-state index in [2.05, 4.69) is 21.3 Å². The topological polar surface area (TPSA) is 129 Å². The summed E-state index contributed by atoms with van der Waals surface area (Å²) < 4.78 is 6.02. The van der Waals surface area contributed by atoms with Gasteiger partial charge in [0, 0.05) is 18.1 Å². The van der Waals surface area contributed by atoms with Gasteiger partial charge in [0.25, 0.3) is 0 Å². The van der Waals surface area contributed by atoms with E-state index in [0.717, 1.165) is 16.9 Å². The third-order valence-corrected chi connectivity index (χ3v) is 6.59.